The maximum atomic E-state index is 13.1. The van der Waals surface area contributed by atoms with E-state index in [1.54, 1.807) is 17.3 Å². The molecule has 2 aliphatic rings. The number of nitrogens with zero attached hydrogens (tertiary/aromatic N) is 4. The normalized spacial score (nSPS) is 17.2. The van der Waals surface area contributed by atoms with Crippen molar-refractivity contribution in [2.24, 2.45) is 0 Å². The summed E-state index contributed by atoms with van der Waals surface area (Å²) in [6.45, 7) is 2.08. The molecule has 5 rings (SSSR count). The molecule has 7 nitrogen and oxygen atoms in total. The van der Waals surface area contributed by atoms with Gasteiger partial charge in [-0.25, -0.2) is 13.4 Å². The van der Waals surface area contributed by atoms with Crippen LogP contribution in [-0.2, 0) is 34.2 Å². The standard InChI is InChI=1S/C23H26N4O3S/c28-23(10-11-26-17-24-21-6-1-2-7-22(21)26)25-12-14-27(15-13-25)31(29,30)20-9-8-18-4-3-5-19(18)16-20/h1-2,6-9,16-17H,3-5,10-15H2. The molecule has 31 heavy (non-hydrogen) atoms. The fourth-order valence-electron chi connectivity index (χ4n) is 4.60. The molecule has 0 spiro atoms. The second-order valence-corrected chi connectivity index (χ2v) is 10.2. The molecule has 1 amide bonds. The third kappa shape index (κ3) is 3.85. The second kappa shape index (κ2) is 8.09. The summed E-state index contributed by atoms with van der Waals surface area (Å²) >= 11 is 0. The Morgan fingerprint density at radius 2 is 1.74 bits per heavy atom. The number of fused-ring (bicyclic) bond motifs is 2. The van der Waals surface area contributed by atoms with Gasteiger partial charge >= 0.3 is 0 Å². The van der Waals surface area contributed by atoms with E-state index in [0.717, 1.165) is 35.9 Å². The highest BCUT2D eigenvalue weighted by molar-refractivity contribution is 7.89. The van der Waals surface area contributed by atoms with Crippen molar-refractivity contribution in [2.75, 3.05) is 26.2 Å². The van der Waals surface area contributed by atoms with Gasteiger partial charge in [-0.2, -0.15) is 4.31 Å². The molecule has 1 aromatic heterocycles. The minimum absolute atomic E-state index is 0.0485. The van der Waals surface area contributed by atoms with E-state index in [1.165, 1.54) is 9.87 Å². The number of para-hydroxylation sites is 2. The largest absolute Gasteiger partial charge is 0.340 e. The summed E-state index contributed by atoms with van der Waals surface area (Å²) in [6.07, 6.45) is 5.21. The van der Waals surface area contributed by atoms with E-state index in [2.05, 4.69) is 4.98 Å². The van der Waals surface area contributed by atoms with Gasteiger partial charge in [0.15, 0.2) is 0 Å². The third-order valence-electron chi connectivity index (χ3n) is 6.39. The first-order valence-electron chi connectivity index (χ1n) is 10.8. The fourth-order valence-corrected chi connectivity index (χ4v) is 6.07. The Kier molecular flexibility index (Phi) is 5.27. The van der Waals surface area contributed by atoms with Crippen LogP contribution in [0.4, 0.5) is 0 Å². The topological polar surface area (TPSA) is 75.5 Å². The van der Waals surface area contributed by atoms with Gasteiger partial charge in [-0.1, -0.05) is 18.2 Å². The van der Waals surface area contributed by atoms with E-state index in [4.69, 9.17) is 0 Å². The Hall–Kier alpha value is -2.71. The highest BCUT2D eigenvalue weighted by atomic mass is 32.2. The van der Waals surface area contributed by atoms with Crippen molar-refractivity contribution in [3.63, 3.8) is 0 Å². The van der Waals surface area contributed by atoms with Gasteiger partial charge in [-0.15, -0.1) is 0 Å². The van der Waals surface area contributed by atoms with Crippen LogP contribution in [0.15, 0.2) is 53.7 Å². The molecule has 1 aliphatic heterocycles. The Morgan fingerprint density at radius 1 is 0.968 bits per heavy atom. The van der Waals surface area contributed by atoms with Crippen LogP contribution in [0.25, 0.3) is 11.0 Å². The summed E-state index contributed by atoms with van der Waals surface area (Å²) in [5, 5.41) is 0. The van der Waals surface area contributed by atoms with Crippen molar-refractivity contribution in [1.29, 1.82) is 0 Å². The monoisotopic (exact) mass is 438 g/mol. The molecular formula is C23H26N4O3S. The van der Waals surface area contributed by atoms with Crippen LogP contribution in [-0.4, -0.2) is 59.3 Å². The van der Waals surface area contributed by atoms with Gasteiger partial charge in [0, 0.05) is 39.1 Å². The lowest BCUT2D eigenvalue weighted by atomic mass is 10.1. The molecule has 0 saturated carbocycles. The number of carbonyl (C=O) groups is 1. The summed E-state index contributed by atoms with van der Waals surface area (Å²) in [4.78, 5) is 19.2. The number of hydrogen-bond acceptors (Lipinski definition) is 4. The van der Waals surface area contributed by atoms with Gasteiger partial charge < -0.3 is 9.47 Å². The van der Waals surface area contributed by atoms with Crippen molar-refractivity contribution in [2.45, 2.75) is 37.1 Å². The zero-order valence-electron chi connectivity index (χ0n) is 17.4. The number of piperazine rings is 1. The minimum atomic E-state index is -3.52. The molecule has 3 aromatic rings. The van der Waals surface area contributed by atoms with Gasteiger partial charge in [-0.3, -0.25) is 4.79 Å². The predicted octanol–water partition coefficient (Wildman–Crippen LogP) is 2.45. The number of aryl methyl sites for hydroxylation is 3. The zero-order valence-corrected chi connectivity index (χ0v) is 18.2. The lowest BCUT2D eigenvalue weighted by Gasteiger charge is -2.34. The van der Waals surface area contributed by atoms with Gasteiger partial charge in [0.05, 0.1) is 22.3 Å². The number of sulfonamides is 1. The highest BCUT2D eigenvalue weighted by Crippen LogP contribution is 2.26. The minimum Gasteiger partial charge on any atom is -0.340 e. The molecule has 162 valence electrons. The Labute approximate surface area is 182 Å². The fraction of sp³-hybridized carbons (Fsp3) is 0.391. The molecular weight excluding hydrogens is 412 g/mol. The highest BCUT2D eigenvalue weighted by Gasteiger charge is 2.30. The molecule has 1 aliphatic carbocycles. The van der Waals surface area contributed by atoms with E-state index in [-0.39, 0.29) is 5.91 Å². The average Bonchev–Trinajstić information content (AvgIpc) is 3.44. The van der Waals surface area contributed by atoms with E-state index >= 15 is 0 Å². The van der Waals surface area contributed by atoms with Crippen LogP contribution >= 0.6 is 0 Å². The number of amides is 1. The molecule has 2 aromatic carbocycles. The van der Waals surface area contributed by atoms with E-state index in [1.807, 2.05) is 41.0 Å². The maximum absolute atomic E-state index is 13.1. The number of aromatic nitrogens is 2. The van der Waals surface area contributed by atoms with Crippen LogP contribution in [0.5, 0.6) is 0 Å². The molecule has 0 atom stereocenters. The molecule has 8 heteroatoms. The summed E-state index contributed by atoms with van der Waals surface area (Å²) in [6, 6.07) is 13.4. The first-order chi connectivity index (χ1) is 15.0. The smallest absolute Gasteiger partial charge is 0.243 e. The van der Waals surface area contributed by atoms with E-state index in [0.29, 0.717) is 44.0 Å². The first kappa shape index (κ1) is 20.2. The maximum Gasteiger partial charge on any atom is 0.243 e. The van der Waals surface area contributed by atoms with Crippen molar-refractivity contribution in [3.8, 4) is 0 Å². The van der Waals surface area contributed by atoms with Crippen molar-refractivity contribution < 1.29 is 13.2 Å². The van der Waals surface area contributed by atoms with Crippen LogP contribution in [0.1, 0.15) is 24.0 Å². The average molecular weight is 439 g/mol. The van der Waals surface area contributed by atoms with Crippen LogP contribution in [0, 0.1) is 0 Å². The van der Waals surface area contributed by atoms with Crippen LogP contribution in [0.3, 0.4) is 0 Å². The van der Waals surface area contributed by atoms with Gasteiger partial charge in [0.1, 0.15) is 0 Å². The number of hydrogen-bond donors (Lipinski definition) is 0. The molecule has 0 radical (unpaired) electrons. The van der Waals surface area contributed by atoms with Crippen molar-refractivity contribution in [3.05, 3.63) is 59.9 Å². The molecule has 0 bridgehead atoms. The zero-order chi connectivity index (χ0) is 21.4. The summed E-state index contributed by atoms with van der Waals surface area (Å²) < 4.78 is 29.7. The SMILES string of the molecule is O=C(CCn1cnc2ccccc21)N1CCN(S(=O)(=O)c2ccc3c(c2)CCC3)CC1. The summed E-state index contributed by atoms with van der Waals surface area (Å²) in [7, 11) is -3.52. The number of carbonyl (C=O) groups excluding carboxylic acids is 1. The summed E-state index contributed by atoms with van der Waals surface area (Å²) in [5.41, 5.74) is 4.35. The summed E-state index contributed by atoms with van der Waals surface area (Å²) in [5.74, 6) is 0.0485. The second-order valence-electron chi connectivity index (χ2n) is 8.25. The van der Waals surface area contributed by atoms with Gasteiger partial charge in [0.25, 0.3) is 0 Å². The lowest BCUT2D eigenvalue weighted by molar-refractivity contribution is -0.132. The Morgan fingerprint density at radius 3 is 2.58 bits per heavy atom. The van der Waals surface area contributed by atoms with Gasteiger partial charge in [-0.05, 0) is 54.7 Å². The van der Waals surface area contributed by atoms with E-state index < -0.39 is 10.0 Å². The number of rotatable bonds is 5. The first-order valence-corrected chi connectivity index (χ1v) is 12.3. The van der Waals surface area contributed by atoms with Crippen molar-refractivity contribution in [1.82, 2.24) is 18.8 Å². The van der Waals surface area contributed by atoms with Crippen LogP contribution < -0.4 is 0 Å². The molecule has 1 fully saturated rings. The molecule has 0 unspecified atom stereocenters. The number of benzene rings is 2. The number of imidazole rings is 1. The van der Waals surface area contributed by atoms with E-state index in [9.17, 15) is 13.2 Å². The molecule has 0 N–H and O–H groups in total. The van der Waals surface area contributed by atoms with Gasteiger partial charge in [0.2, 0.25) is 15.9 Å². The third-order valence-corrected chi connectivity index (χ3v) is 8.29. The van der Waals surface area contributed by atoms with Crippen molar-refractivity contribution >= 4 is 27.0 Å². The predicted molar refractivity (Wildman–Crippen MR) is 118 cm³/mol. The lowest BCUT2D eigenvalue weighted by Crippen LogP contribution is -2.50. The quantitative estimate of drug-likeness (QED) is 0.613. The Balaban J connectivity index is 1.19. The Bertz CT molecular complexity index is 1230. The molecule has 2 heterocycles. The molecule has 1 saturated heterocycles. The van der Waals surface area contributed by atoms with Crippen LogP contribution in [0.2, 0.25) is 0 Å².